The van der Waals surface area contributed by atoms with E-state index in [1.54, 1.807) is 0 Å². The number of benzene rings is 2. The number of hydrogen-bond acceptors (Lipinski definition) is 5. The van der Waals surface area contributed by atoms with Crippen LogP contribution in [-0.4, -0.2) is 38.7 Å². The Hall–Kier alpha value is -3.39. The van der Waals surface area contributed by atoms with Gasteiger partial charge in [0, 0.05) is 11.8 Å². The highest BCUT2D eigenvalue weighted by molar-refractivity contribution is 7.92. The Balaban J connectivity index is 1.57. The molecule has 1 amide bonds. The quantitative estimate of drug-likeness (QED) is 0.556. The second-order valence-electron chi connectivity index (χ2n) is 6.30. The molecular weight excluding hydrogens is 390 g/mol. The zero-order valence-electron chi connectivity index (χ0n) is 15.8. The lowest BCUT2D eigenvalue weighted by atomic mass is 10.1. The van der Waals surface area contributed by atoms with Gasteiger partial charge in [-0.2, -0.15) is 0 Å². The van der Waals surface area contributed by atoms with Gasteiger partial charge in [0.15, 0.2) is 0 Å². The summed E-state index contributed by atoms with van der Waals surface area (Å²) >= 11 is 0. The fourth-order valence-corrected chi connectivity index (χ4v) is 3.25. The molecule has 3 aromatic rings. The topological polar surface area (TPSA) is 97.4 Å². The Morgan fingerprint density at radius 2 is 1.76 bits per heavy atom. The predicted octanol–water partition coefficient (Wildman–Crippen LogP) is 2.93. The summed E-state index contributed by atoms with van der Waals surface area (Å²) in [5.74, 6) is 0.364. The van der Waals surface area contributed by atoms with Crippen LogP contribution in [0.15, 0.2) is 73.1 Å². The molecule has 0 saturated carbocycles. The number of nitrogens with zero attached hydrogens (tertiary/aromatic N) is 1. The smallest absolute Gasteiger partial charge is 0.253 e. The molecule has 0 saturated heterocycles. The highest BCUT2D eigenvalue weighted by Gasteiger charge is 2.10. The van der Waals surface area contributed by atoms with Gasteiger partial charge in [0.2, 0.25) is 10.0 Å². The first kappa shape index (κ1) is 20.3. The van der Waals surface area contributed by atoms with Crippen molar-refractivity contribution < 1.29 is 17.9 Å². The molecule has 0 aliphatic rings. The molecule has 0 fully saturated rings. The zero-order chi connectivity index (χ0) is 20.7. The molecule has 7 nitrogen and oxygen atoms in total. The molecule has 0 aliphatic heterocycles. The van der Waals surface area contributed by atoms with Crippen LogP contribution in [0.2, 0.25) is 0 Å². The van der Waals surface area contributed by atoms with Crippen LogP contribution >= 0.6 is 0 Å². The Kier molecular flexibility index (Phi) is 6.46. The van der Waals surface area contributed by atoms with E-state index < -0.39 is 10.0 Å². The Bertz CT molecular complexity index is 1090. The van der Waals surface area contributed by atoms with E-state index in [1.807, 2.05) is 54.6 Å². The normalized spacial score (nSPS) is 10.9. The third-order valence-electron chi connectivity index (χ3n) is 3.92. The van der Waals surface area contributed by atoms with E-state index in [0.717, 1.165) is 23.1 Å². The second-order valence-corrected chi connectivity index (χ2v) is 8.05. The maximum Gasteiger partial charge on any atom is 0.253 e. The van der Waals surface area contributed by atoms with Gasteiger partial charge in [-0.25, -0.2) is 8.42 Å². The van der Waals surface area contributed by atoms with Crippen molar-refractivity contribution >= 4 is 21.6 Å². The van der Waals surface area contributed by atoms with Crippen LogP contribution < -0.4 is 14.8 Å². The number of amides is 1. The van der Waals surface area contributed by atoms with Crippen molar-refractivity contribution in [1.29, 1.82) is 0 Å². The molecular formula is C21H21N3O4S. The minimum absolute atomic E-state index is 0.230. The largest absolute Gasteiger partial charge is 0.491 e. The van der Waals surface area contributed by atoms with Gasteiger partial charge in [0.25, 0.3) is 5.91 Å². The van der Waals surface area contributed by atoms with Crippen LogP contribution in [0.3, 0.4) is 0 Å². The van der Waals surface area contributed by atoms with Crippen molar-refractivity contribution in [2.75, 3.05) is 24.1 Å². The molecule has 150 valence electrons. The maximum absolute atomic E-state index is 12.3. The number of sulfonamides is 1. The second kappa shape index (κ2) is 9.20. The number of rotatable bonds is 8. The van der Waals surface area contributed by atoms with Crippen molar-refractivity contribution in [3.8, 4) is 16.9 Å². The number of aromatic nitrogens is 1. The van der Waals surface area contributed by atoms with Crippen LogP contribution in [0.1, 0.15) is 10.4 Å². The SMILES string of the molecule is CS(=O)(=O)Nc1cncc(C(=O)NCCOc2ccccc2-c2ccccc2)c1. The summed E-state index contributed by atoms with van der Waals surface area (Å²) in [7, 11) is -3.44. The van der Waals surface area contributed by atoms with E-state index in [0.29, 0.717) is 0 Å². The van der Waals surface area contributed by atoms with E-state index in [2.05, 4.69) is 15.0 Å². The number of nitrogens with one attached hydrogen (secondary N) is 2. The maximum atomic E-state index is 12.3. The molecule has 0 atom stereocenters. The fraction of sp³-hybridized carbons (Fsp3) is 0.143. The van der Waals surface area contributed by atoms with Gasteiger partial charge in [0.05, 0.1) is 30.2 Å². The summed E-state index contributed by atoms with van der Waals surface area (Å²) in [5.41, 5.74) is 2.51. The van der Waals surface area contributed by atoms with E-state index in [9.17, 15) is 13.2 Å². The van der Waals surface area contributed by atoms with Gasteiger partial charge in [-0.1, -0.05) is 48.5 Å². The predicted molar refractivity (Wildman–Crippen MR) is 112 cm³/mol. The number of pyridine rings is 1. The van der Waals surface area contributed by atoms with E-state index in [1.165, 1.54) is 18.5 Å². The molecule has 2 N–H and O–H groups in total. The van der Waals surface area contributed by atoms with E-state index in [4.69, 9.17) is 4.74 Å². The number of anilines is 1. The third-order valence-corrected chi connectivity index (χ3v) is 4.53. The summed E-state index contributed by atoms with van der Waals surface area (Å²) < 4.78 is 30.7. The minimum Gasteiger partial charge on any atom is -0.491 e. The molecule has 0 bridgehead atoms. The molecule has 29 heavy (non-hydrogen) atoms. The Morgan fingerprint density at radius 3 is 2.52 bits per heavy atom. The number of para-hydroxylation sites is 1. The lowest BCUT2D eigenvalue weighted by molar-refractivity contribution is 0.0946. The van der Waals surface area contributed by atoms with Crippen LogP contribution in [0.25, 0.3) is 11.1 Å². The van der Waals surface area contributed by atoms with Gasteiger partial charge in [-0.15, -0.1) is 0 Å². The summed E-state index contributed by atoms with van der Waals surface area (Å²) in [5, 5.41) is 2.74. The summed E-state index contributed by atoms with van der Waals surface area (Å²) in [6, 6.07) is 19.0. The Labute approximate surface area is 169 Å². The molecule has 2 aromatic carbocycles. The minimum atomic E-state index is -3.44. The zero-order valence-corrected chi connectivity index (χ0v) is 16.6. The first-order valence-corrected chi connectivity index (χ1v) is 10.8. The van der Waals surface area contributed by atoms with Crippen molar-refractivity contribution in [3.05, 3.63) is 78.6 Å². The summed E-state index contributed by atoms with van der Waals surface area (Å²) in [6.07, 6.45) is 3.74. The van der Waals surface area contributed by atoms with Gasteiger partial charge < -0.3 is 10.1 Å². The van der Waals surface area contributed by atoms with E-state index >= 15 is 0 Å². The van der Waals surface area contributed by atoms with E-state index in [-0.39, 0.29) is 30.3 Å². The van der Waals surface area contributed by atoms with Crippen LogP contribution in [0, 0.1) is 0 Å². The number of ether oxygens (including phenoxy) is 1. The van der Waals surface area contributed by atoms with Crippen LogP contribution in [-0.2, 0) is 10.0 Å². The van der Waals surface area contributed by atoms with Gasteiger partial charge in [-0.05, 0) is 17.7 Å². The molecule has 3 rings (SSSR count). The standard InChI is InChI=1S/C21H21N3O4S/c1-29(26,27)24-18-13-17(14-22-15-18)21(25)23-11-12-28-20-10-6-5-9-19(20)16-7-3-2-4-8-16/h2-10,13-15,24H,11-12H2,1H3,(H,23,25). The number of hydrogen-bond donors (Lipinski definition) is 2. The highest BCUT2D eigenvalue weighted by Crippen LogP contribution is 2.29. The average molecular weight is 411 g/mol. The monoisotopic (exact) mass is 411 g/mol. The number of carbonyl (C=O) groups excluding carboxylic acids is 1. The van der Waals surface area contributed by atoms with Crippen molar-refractivity contribution in [1.82, 2.24) is 10.3 Å². The van der Waals surface area contributed by atoms with Gasteiger partial charge in [0.1, 0.15) is 12.4 Å². The Morgan fingerprint density at radius 1 is 1.03 bits per heavy atom. The molecule has 0 radical (unpaired) electrons. The fourth-order valence-electron chi connectivity index (χ4n) is 2.71. The summed E-state index contributed by atoms with van der Waals surface area (Å²) in [4.78, 5) is 16.2. The van der Waals surface area contributed by atoms with Crippen molar-refractivity contribution in [2.24, 2.45) is 0 Å². The van der Waals surface area contributed by atoms with Crippen molar-refractivity contribution in [2.45, 2.75) is 0 Å². The molecule has 8 heteroatoms. The average Bonchev–Trinajstić information content (AvgIpc) is 2.71. The third kappa shape index (κ3) is 6.05. The lowest BCUT2D eigenvalue weighted by Crippen LogP contribution is -2.28. The number of carbonyl (C=O) groups is 1. The first-order valence-electron chi connectivity index (χ1n) is 8.91. The van der Waals surface area contributed by atoms with Gasteiger partial charge >= 0.3 is 0 Å². The summed E-state index contributed by atoms with van der Waals surface area (Å²) in [6.45, 7) is 0.565. The molecule has 1 aromatic heterocycles. The molecule has 0 spiro atoms. The van der Waals surface area contributed by atoms with Crippen molar-refractivity contribution in [3.63, 3.8) is 0 Å². The molecule has 1 heterocycles. The molecule has 0 aliphatic carbocycles. The van der Waals surface area contributed by atoms with Crippen LogP contribution in [0.5, 0.6) is 5.75 Å². The first-order chi connectivity index (χ1) is 13.9. The lowest BCUT2D eigenvalue weighted by Gasteiger charge is -2.12. The molecule has 0 unspecified atom stereocenters. The highest BCUT2D eigenvalue weighted by atomic mass is 32.2. The van der Waals surface area contributed by atoms with Gasteiger partial charge in [-0.3, -0.25) is 14.5 Å². The van der Waals surface area contributed by atoms with Crippen LogP contribution in [0.4, 0.5) is 5.69 Å².